The van der Waals surface area contributed by atoms with Crippen molar-refractivity contribution in [2.45, 2.75) is 62.6 Å². The maximum atomic E-state index is 13.2. The van der Waals surface area contributed by atoms with Gasteiger partial charge in [0.05, 0.1) is 34.6 Å². The molecule has 5 aliphatic rings. The maximum absolute atomic E-state index is 13.2. The SMILES string of the molecule is CN1CC(N=Cc2cnc(-c3cn(C4CC(CNc5ccc6c(c5)C(=O)N(C5CCC(=O)NC5=O)C6=O)C4)nc3C3CC3)cc2N)C1. The first kappa shape index (κ1) is 29.5. The standard InChI is InChI=1S/C34H37N9O4/c1-41-15-22(16-41)37-13-20-14-38-28(11-27(20)35)26-17-42(40-31(26)19-2-3-19)23-8-18(9-23)12-36-21-4-5-24-25(10-21)34(47)43(33(24)46)29-6-7-30(44)39-32(29)45/h4-5,10-11,13-14,17-19,22-23,29,36H,2-3,6-9,12,15-16H2,1H3,(H2,35,38)(H,39,44,45). The van der Waals surface area contributed by atoms with Gasteiger partial charge in [-0.2, -0.15) is 5.10 Å². The molecule has 13 nitrogen and oxygen atoms in total. The quantitative estimate of drug-likeness (QED) is 0.236. The first-order valence-corrected chi connectivity index (χ1v) is 16.4. The predicted molar refractivity (Wildman–Crippen MR) is 174 cm³/mol. The molecule has 4 fully saturated rings. The van der Waals surface area contributed by atoms with Crippen molar-refractivity contribution < 1.29 is 19.2 Å². The van der Waals surface area contributed by atoms with Crippen LogP contribution in [0.2, 0.25) is 0 Å². The molecule has 47 heavy (non-hydrogen) atoms. The summed E-state index contributed by atoms with van der Waals surface area (Å²) >= 11 is 0. The van der Waals surface area contributed by atoms with Gasteiger partial charge in [0.1, 0.15) is 6.04 Å². The largest absolute Gasteiger partial charge is 0.398 e. The van der Waals surface area contributed by atoms with E-state index in [1.807, 2.05) is 18.5 Å². The van der Waals surface area contributed by atoms with Crippen molar-refractivity contribution in [3.8, 4) is 11.3 Å². The second kappa shape index (κ2) is 11.4. The molecule has 1 atom stereocenters. The zero-order valence-corrected chi connectivity index (χ0v) is 26.2. The Labute approximate surface area is 271 Å². The van der Waals surface area contributed by atoms with Crippen LogP contribution in [0.1, 0.15) is 82.5 Å². The molecule has 0 bridgehead atoms. The number of hydrogen-bond donors (Lipinski definition) is 3. The summed E-state index contributed by atoms with van der Waals surface area (Å²) in [6, 6.07) is 6.68. The number of hydrogen-bond acceptors (Lipinski definition) is 10. The van der Waals surface area contributed by atoms with Gasteiger partial charge in [-0.05, 0) is 69.3 Å². The second-order valence-corrected chi connectivity index (χ2v) is 13.6. The van der Waals surface area contributed by atoms with Gasteiger partial charge < -0.3 is 16.0 Å². The fourth-order valence-electron chi connectivity index (χ4n) is 7.06. The summed E-state index contributed by atoms with van der Waals surface area (Å²) in [5.41, 5.74) is 12.2. The van der Waals surface area contributed by atoms with Crippen LogP contribution in [0, 0.1) is 5.92 Å². The molecule has 2 aliphatic carbocycles. The normalized spacial score (nSPS) is 24.8. The molecule has 2 saturated heterocycles. The topological polar surface area (TPSA) is 168 Å². The van der Waals surface area contributed by atoms with Crippen LogP contribution in [0.4, 0.5) is 11.4 Å². The van der Waals surface area contributed by atoms with Crippen LogP contribution in [0.3, 0.4) is 0 Å². The minimum Gasteiger partial charge on any atom is -0.398 e. The summed E-state index contributed by atoms with van der Waals surface area (Å²) in [5.74, 6) is -1.13. The monoisotopic (exact) mass is 635 g/mol. The van der Waals surface area contributed by atoms with Crippen molar-refractivity contribution in [3.63, 3.8) is 0 Å². The van der Waals surface area contributed by atoms with Crippen LogP contribution >= 0.6 is 0 Å². The zero-order chi connectivity index (χ0) is 32.4. The van der Waals surface area contributed by atoms with E-state index >= 15 is 0 Å². The smallest absolute Gasteiger partial charge is 0.262 e. The number of likely N-dealkylation sites (tertiary alicyclic amines) is 1. The highest BCUT2D eigenvalue weighted by atomic mass is 16.2. The minimum absolute atomic E-state index is 0.0911. The molecule has 1 aromatic carbocycles. The van der Waals surface area contributed by atoms with Gasteiger partial charge in [0.25, 0.3) is 11.8 Å². The van der Waals surface area contributed by atoms with Crippen LogP contribution in [-0.2, 0) is 9.59 Å². The Balaban J connectivity index is 0.895. The highest BCUT2D eigenvalue weighted by Crippen LogP contribution is 2.46. The molecule has 2 aromatic heterocycles. The molecule has 1 unspecified atom stereocenters. The lowest BCUT2D eigenvalue weighted by Crippen LogP contribution is -2.54. The van der Waals surface area contributed by atoms with Gasteiger partial charge >= 0.3 is 0 Å². The molecule has 0 spiro atoms. The summed E-state index contributed by atoms with van der Waals surface area (Å²) in [7, 11) is 2.08. The average molecular weight is 636 g/mol. The molecule has 3 aliphatic heterocycles. The fraction of sp³-hybridized carbons (Fsp3) is 0.441. The number of pyridine rings is 1. The third-order valence-electron chi connectivity index (χ3n) is 10.1. The lowest BCUT2D eigenvalue weighted by atomic mass is 9.80. The molecule has 5 heterocycles. The van der Waals surface area contributed by atoms with Crippen molar-refractivity contribution in [1.29, 1.82) is 0 Å². The molecule has 4 amide bonds. The Morgan fingerprint density at radius 1 is 1.04 bits per heavy atom. The number of anilines is 2. The first-order valence-electron chi connectivity index (χ1n) is 16.4. The van der Waals surface area contributed by atoms with Crippen molar-refractivity contribution in [3.05, 3.63) is 59.0 Å². The van der Waals surface area contributed by atoms with Crippen LogP contribution in [-0.4, -0.2) is 93.2 Å². The third kappa shape index (κ3) is 5.47. The average Bonchev–Trinajstić information content (AvgIpc) is 3.72. The number of carbonyl (C=O) groups excluding carboxylic acids is 4. The van der Waals surface area contributed by atoms with E-state index in [4.69, 9.17) is 15.8 Å². The number of aromatic nitrogens is 3. The summed E-state index contributed by atoms with van der Waals surface area (Å²) in [6.07, 6.45) is 10.2. The molecule has 242 valence electrons. The van der Waals surface area contributed by atoms with E-state index in [9.17, 15) is 19.2 Å². The minimum atomic E-state index is -0.974. The Kier molecular flexibility index (Phi) is 7.16. The fourth-order valence-corrected chi connectivity index (χ4v) is 7.06. The van der Waals surface area contributed by atoms with Gasteiger partial charge in [-0.1, -0.05) is 0 Å². The lowest BCUT2D eigenvalue weighted by Gasteiger charge is -2.35. The Morgan fingerprint density at radius 3 is 2.55 bits per heavy atom. The molecular formula is C34H37N9O4. The van der Waals surface area contributed by atoms with Crippen LogP contribution in [0.25, 0.3) is 11.3 Å². The van der Waals surface area contributed by atoms with Crippen molar-refractivity contribution in [2.24, 2.45) is 10.9 Å². The molecule has 2 saturated carbocycles. The van der Waals surface area contributed by atoms with E-state index in [0.717, 1.165) is 78.4 Å². The lowest BCUT2D eigenvalue weighted by molar-refractivity contribution is -0.136. The Hall–Kier alpha value is -4.91. The number of nitrogens with zero attached hydrogens (tertiary/aromatic N) is 6. The number of rotatable bonds is 9. The van der Waals surface area contributed by atoms with Crippen molar-refractivity contribution in [1.82, 2.24) is 29.9 Å². The van der Waals surface area contributed by atoms with Gasteiger partial charge in [-0.25, -0.2) is 0 Å². The number of nitrogens with one attached hydrogen (secondary N) is 2. The highest BCUT2D eigenvalue weighted by molar-refractivity contribution is 6.23. The molecule has 8 rings (SSSR count). The highest BCUT2D eigenvalue weighted by Gasteiger charge is 2.44. The number of piperidine rings is 1. The number of nitrogens with two attached hydrogens (primary N) is 1. The molecule has 3 aromatic rings. The second-order valence-electron chi connectivity index (χ2n) is 13.6. The zero-order valence-electron chi connectivity index (χ0n) is 26.2. The summed E-state index contributed by atoms with van der Waals surface area (Å²) in [6.45, 7) is 2.65. The van der Waals surface area contributed by atoms with E-state index in [1.165, 1.54) is 0 Å². The van der Waals surface area contributed by atoms with E-state index < -0.39 is 29.7 Å². The number of carbonyl (C=O) groups is 4. The van der Waals surface area contributed by atoms with Crippen LogP contribution in [0.15, 0.2) is 41.7 Å². The number of amides is 4. The maximum Gasteiger partial charge on any atom is 0.262 e. The number of fused-ring (bicyclic) bond motifs is 1. The Bertz CT molecular complexity index is 1830. The van der Waals surface area contributed by atoms with E-state index in [0.29, 0.717) is 29.6 Å². The van der Waals surface area contributed by atoms with Gasteiger partial charge in [-0.3, -0.25) is 44.1 Å². The summed E-state index contributed by atoms with van der Waals surface area (Å²) in [5, 5.41) is 10.7. The van der Waals surface area contributed by atoms with E-state index in [2.05, 4.69) is 38.5 Å². The number of imide groups is 2. The predicted octanol–water partition coefficient (Wildman–Crippen LogP) is 2.60. The van der Waals surface area contributed by atoms with E-state index in [-0.39, 0.29) is 24.0 Å². The van der Waals surface area contributed by atoms with Gasteiger partial charge in [0, 0.05) is 73.1 Å². The number of likely N-dealkylation sites (N-methyl/N-ethyl adjacent to an activating group) is 1. The van der Waals surface area contributed by atoms with Crippen molar-refractivity contribution in [2.75, 3.05) is 37.7 Å². The van der Waals surface area contributed by atoms with Gasteiger partial charge in [0.2, 0.25) is 11.8 Å². The summed E-state index contributed by atoms with van der Waals surface area (Å²) < 4.78 is 2.10. The molecule has 4 N–H and O–H groups in total. The van der Waals surface area contributed by atoms with Gasteiger partial charge in [0.15, 0.2) is 0 Å². The Morgan fingerprint density at radius 2 is 1.83 bits per heavy atom. The summed E-state index contributed by atoms with van der Waals surface area (Å²) in [4.78, 5) is 62.7. The number of benzene rings is 1. The van der Waals surface area contributed by atoms with Crippen molar-refractivity contribution >= 4 is 41.2 Å². The third-order valence-corrected chi connectivity index (χ3v) is 10.1. The number of nitrogen functional groups attached to an aromatic ring is 1. The van der Waals surface area contributed by atoms with E-state index in [1.54, 1.807) is 18.2 Å². The number of aliphatic imine (C=N–C) groups is 1. The molecule has 13 heteroatoms. The molecular weight excluding hydrogens is 598 g/mol. The first-order chi connectivity index (χ1) is 22.7. The van der Waals surface area contributed by atoms with Crippen LogP contribution in [0.5, 0.6) is 0 Å². The molecule has 0 radical (unpaired) electrons. The van der Waals surface area contributed by atoms with Gasteiger partial charge in [-0.15, -0.1) is 0 Å². The van der Waals surface area contributed by atoms with Crippen LogP contribution < -0.4 is 16.4 Å².